The van der Waals surface area contributed by atoms with Gasteiger partial charge in [-0.25, -0.2) is 9.67 Å². The largest absolute Gasteiger partial charge is 0.355 e. The molecule has 1 fully saturated rings. The second-order valence-electron chi connectivity index (χ2n) is 6.49. The number of amides is 2. The molecule has 0 bridgehead atoms. The Hall–Kier alpha value is -2.71. The van der Waals surface area contributed by atoms with Gasteiger partial charge in [0, 0.05) is 54.4 Å². The predicted molar refractivity (Wildman–Crippen MR) is 108 cm³/mol. The maximum Gasteiger partial charge on any atom is 0.227 e. The highest BCUT2D eigenvalue weighted by atomic mass is 35.5. The zero-order valence-corrected chi connectivity index (χ0v) is 16.5. The van der Waals surface area contributed by atoms with Crippen LogP contribution in [0.2, 0.25) is 5.02 Å². The third-order valence-corrected chi connectivity index (χ3v) is 5.69. The van der Waals surface area contributed by atoms with Crippen LogP contribution in [0, 0.1) is 5.92 Å². The van der Waals surface area contributed by atoms with Crippen molar-refractivity contribution in [3.05, 3.63) is 58.8 Å². The molecule has 2 aromatic heterocycles. The van der Waals surface area contributed by atoms with Crippen molar-refractivity contribution >= 4 is 40.4 Å². The first-order valence-electron chi connectivity index (χ1n) is 8.88. The van der Waals surface area contributed by atoms with Gasteiger partial charge in [-0.2, -0.15) is 5.10 Å². The first kappa shape index (κ1) is 18.6. The topological polar surface area (TPSA) is 80.1 Å². The van der Waals surface area contributed by atoms with Crippen LogP contribution >= 0.6 is 22.9 Å². The van der Waals surface area contributed by atoms with Crippen LogP contribution < -0.4 is 10.2 Å². The van der Waals surface area contributed by atoms with Crippen molar-refractivity contribution in [3.8, 4) is 5.13 Å². The zero-order valence-electron chi connectivity index (χ0n) is 14.9. The number of nitrogens with zero attached hydrogens (tertiary/aromatic N) is 4. The number of thiazole rings is 1. The first-order chi connectivity index (χ1) is 13.6. The number of nitrogens with one attached hydrogen (secondary N) is 1. The Morgan fingerprint density at radius 1 is 1.32 bits per heavy atom. The zero-order chi connectivity index (χ0) is 19.5. The number of anilines is 1. The monoisotopic (exact) mass is 415 g/mol. The molecule has 1 N–H and O–H groups in total. The molecule has 0 aliphatic carbocycles. The van der Waals surface area contributed by atoms with Crippen molar-refractivity contribution < 1.29 is 9.59 Å². The van der Waals surface area contributed by atoms with E-state index in [2.05, 4.69) is 15.4 Å². The van der Waals surface area contributed by atoms with Crippen LogP contribution in [0.5, 0.6) is 0 Å². The van der Waals surface area contributed by atoms with Gasteiger partial charge >= 0.3 is 0 Å². The van der Waals surface area contributed by atoms with Crippen LogP contribution in [-0.2, 0) is 16.0 Å². The molecule has 1 aliphatic heterocycles. The lowest BCUT2D eigenvalue weighted by atomic mass is 10.1. The van der Waals surface area contributed by atoms with Gasteiger partial charge in [0.25, 0.3) is 0 Å². The number of carbonyl (C=O) groups is 2. The van der Waals surface area contributed by atoms with Gasteiger partial charge in [0.05, 0.1) is 11.6 Å². The second kappa shape index (κ2) is 8.12. The lowest BCUT2D eigenvalue weighted by Crippen LogP contribution is -2.34. The highest BCUT2D eigenvalue weighted by Crippen LogP contribution is 2.26. The molecule has 28 heavy (non-hydrogen) atoms. The maximum absolute atomic E-state index is 12.5. The fraction of sp³-hybridized carbons (Fsp3) is 0.263. The highest BCUT2D eigenvalue weighted by molar-refractivity contribution is 7.12. The smallest absolute Gasteiger partial charge is 0.227 e. The van der Waals surface area contributed by atoms with E-state index in [1.54, 1.807) is 40.0 Å². The van der Waals surface area contributed by atoms with E-state index < -0.39 is 0 Å². The summed E-state index contributed by atoms with van der Waals surface area (Å²) >= 11 is 7.40. The summed E-state index contributed by atoms with van der Waals surface area (Å²) in [5.74, 6) is -0.503. The molecule has 1 saturated heterocycles. The number of benzene rings is 1. The lowest BCUT2D eigenvalue weighted by molar-refractivity contribution is -0.126. The molecule has 1 unspecified atom stereocenters. The van der Waals surface area contributed by atoms with Gasteiger partial charge in [-0.15, -0.1) is 11.3 Å². The van der Waals surface area contributed by atoms with Crippen molar-refractivity contribution in [1.29, 1.82) is 0 Å². The summed E-state index contributed by atoms with van der Waals surface area (Å²) < 4.78 is 1.71. The molecule has 1 aromatic carbocycles. The molecule has 0 saturated carbocycles. The maximum atomic E-state index is 12.5. The fourth-order valence-corrected chi connectivity index (χ4v) is 4.03. The number of hydrogen-bond donors (Lipinski definition) is 1. The Bertz CT molecular complexity index is 971. The summed E-state index contributed by atoms with van der Waals surface area (Å²) in [4.78, 5) is 30.9. The molecular formula is C19H18ClN5O2S. The Balaban J connectivity index is 1.28. The van der Waals surface area contributed by atoms with Gasteiger partial charge in [-0.05, 0) is 30.3 Å². The van der Waals surface area contributed by atoms with Crippen molar-refractivity contribution in [1.82, 2.24) is 20.1 Å². The van der Waals surface area contributed by atoms with Crippen molar-refractivity contribution in [2.24, 2.45) is 5.92 Å². The molecule has 0 spiro atoms. The first-order valence-corrected chi connectivity index (χ1v) is 10.1. The number of hydrogen-bond acceptors (Lipinski definition) is 5. The van der Waals surface area contributed by atoms with Crippen LogP contribution in [0.4, 0.5) is 5.69 Å². The molecule has 7 nitrogen and oxygen atoms in total. The highest BCUT2D eigenvalue weighted by Gasteiger charge is 2.34. The van der Waals surface area contributed by atoms with Gasteiger partial charge in [0.2, 0.25) is 16.9 Å². The Morgan fingerprint density at radius 2 is 2.14 bits per heavy atom. The standard InChI is InChI=1S/C19H18ClN5O2S/c20-14-2-4-16(5-3-14)24-11-13(10-17(24)26)18(27)21-8-6-15-12-28-19(23-15)25-9-1-7-22-25/h1-5,7,9,12-13H,6,8,10-11H2,(H,21,27). The van der Waals surface area contributed by atoms with E-state index in [0.717, 1.165) is 16.5 Å². The van der Waals surface area contributed by atoms with E-state index in [-0.39, 0.29) is 24.2 Å². The van der Waals surface area contributed by atoms with Crippen molar-refractivity contribution in [2.75, 3.05) is 18.0 Å². The Morgan fingerprint density at radius 3 is 2.89 bits per heavy atom. The van der Waals surface area contributed by atoms with E-state index in [1.165, 1.54) is 11.3 Å². The Labute approximate surface area is 170 Å². The number of carbonyl (C=O) groups excluding carboxylic acids is 2. The van der Waals surface area contributed by atoms with Crippen LogP contribution in [0.15, 0.2) is 48.1 Å². The van der Waals surface area contributed by atoms with E-state index in [1.807, 2.05) is 17.6 Å². The molecule has 0 radical (unpaired) electrons. The molecule has 1 aliphatic rings. The van der Waals surface area contributed by atoms with Gasteiger partial charge in [0.1, 0.15) is 0 Å². The summed E-state index contributed by atoms with van der Waals surface area (Å²) in [6, 6.07) is 8.91. The van der Waals surface area contributed by atoms with Gasteiger partial charge < -0.3 is 10.2 Å². The minimum Gasteiger partial charge on any atom is -0.355 e. The molecular weight excluding hydrogens is 398 g/mol. The summed E-state index contributed by atoms with van der Waals surface area (Å²) in [5, 5.41) is 10.5. The van der Waals surface area contributed by atoms with Crippen LogP contribution in [0.3, 0.4) is 0 Å². The normalized spacial score (nSPS) is 16.5. The minimum absolute atomic E-state index is 0.0501. The third kappa shape index (κ3) is 4.07. The van der Waals surface area contributed by atoms with Crippen LogP contribution in [-0.4, -0.2) is 39.7 Å². The fourth-order valence-electron chi connectivity index (χ4n) is 3.11. The predicted octanol–water partition coefficient (Wildman–Crippen LogP) is 2.69. The number of halogens is 1. The molecule has 3 heterocycles. The summed E-state index contributed by atoms with van der Waals surface area (Å²) in [7, 11) is 0. The SMILES string of the molecule is O=C(NCCc1csc(-n2cccn2)n1)C1CC(=O)N(c2ccc(Cl)cc2)C1. The molecule has 4 rings (SSSR count). The van der Waals surface area contributed by atoms with Crippen LogP contribution in [0.25, 0.3) is 5.13 Å². The average molecular weight is 416 g/mol. The van der Waals surface area contributed by atoms with Crippen molar-refractivity contribution in [3.63, 3.8) is 0 Å². The summed E-state index contributed by atoms with van der Waals surface area (Å²) in [6.45, 7) is 0.860. The second-order valence-corrected chi connectivity index (χ2v) is 7.77. The van der Waals surface area contributed by atoms with E-state index in [0.29, 0.717) is 24.5 Å². The van der Waals surface area contributed by atoms with Crippen LogP contribution in [0.1, 0.15) is 12.1 Å². The Kier molecular flexibility index (Phi) is 5.40. The number of rotatable bonds is 6. The van der Waals surface area contributed by atoms with E-state index in [9.17, 15) is 9.59 Å². The lowest BCUT2D eigenvalue weighted by Gasteiger charge is -2.16. The quantitative estimate of drug-likeness (QED) is 0.671. The molecule has 144 valence electrons. The van der Waals surface area contributed by atoms with E-state index in [4.69, 9.17) is 11.6 Å². The molecule has 3 aromatic rings. The third-order valence-electron chi connectivity index (χ3n) is 4.55. The molecule has 2 amide bonds. The van der Waals surface area contributed by atoms with Gasteiger partial charge in [0.15, 0.2) is 0 Å². The van der Waals surface area contributed by atoms with Gasteiger partial charge in [-0.1, -0.05) is 11.6 Å². The number of aromatic nitrogens is 3. The van der Waals surface area contributed by atoms with Crippen molar-refractivity contribution in [2.45, 2.75) is 12.8 Å². The van der Waals surface area contributed by atoms with E-state index >= 15 is 0 Å². The minimum atomic E-state index is -0.349. The molecule has 1 atom stereocenters. The summed E-state index contributed by atoms with van der Waals surface area (Å²) in [5.41, 5.74) is 1.67. The average Bonchev–Trinajstić information content (AvgIpc) is 3.43. The summed E-state index contributed by atoms with van der Waals surface area (Å²) in [6.07, 6.45) is 4.39. The molecule has 9 heteroatoms. The van der Waals surface area contributed by atoms with Gasteiger partial charge in [-0.3, -0.25) is 9.59 Å².